The number of benzene rings is 2. The van der Waals surface area contributed by atoms with Crippen molar-refractivity contribution in [3.8, 4) is 17.2 Å². The summed E-state index contributed by atoms with van der Waals surface area (Å²) in [7, 11) is 0. The number of piperazine rings is 1. The predicted molar refractivity (Wildman–Crippen MR) is 115 cm³/mol. The minimum absolute atomic E-state index is 0.155. The lowest BCUT2D eigenvalue weighted by Crippen LogP contribution is -2.53. The number of rotatable bonds is 4. The number of imide groups is 1. The molecule has 8 nitrogen and oxygen atoms in total. The van der Waals surface area contributed by atoms with Crippen LogP contribution >= 0.6 is 0 Å². The van der Waals surface area contributed by atoms with E-state index in [0.717, 1.165) is 4.90 Å². The van der Waals surface area contributed by atoms with E-state index in [0.29, 0.717) is 48.4 Å². The van der Waals surface area contributed by atoms with Gasteiger partial charge in [-0.1, -0.05) is 36.4 Å². The molecule has 0 radical (unpaired) electrons. The Hall–Kier alpha value is -3.99. The Morgan fingerprint density at radius 2 is 1.38 bits per heavy atom. The minimum atomic E-state index is -0.313. The highest BCUT2D eigenvalue weighted by Gasteiger charge is 2.33. The molecule has 2 saturated heterocycles. The van der Waals surface area contributed by atoms with Crippen LogP contribution < -0.4 is 0 Å². The summed E-state index contributed by atoms with van der Waals surface area (Å²) in [5.74, 6) is -1.08. The number of amides is 4. The van der Waals surface area contributed by atoms with Crippen molar-refractivity contribution in [3.05, 3.63) is 59.7 Å². The normalized spacial score (nSPS) is 16.3. The Labute approximate surface area is 185 Å². The van der Waals surface area contributed by atoms with Crippen molar-refractivity contribution in [1.82, 2.24) is 14.7 Å². The summed E-state index contributed by atoms with van der Waals surface area (Å²) in [6, 6.07) is 16.5. The fourth-order valence-electron chi connectivity index (χ4n) is 4.08. The van der Waals surface area contributed by atoms with E-state index >= 15 is 0 Å². The van der Waals surface area contributed by atoms with Gasteiger partial charge in [-0.2, -0.15) is 5.26 Å². The lowest BCUT2D eigenvalue weighted by Gasteiger charge is -2.35. The molecule has 0 saturated carbocycles. The maximum Gasteiger partial charge on any atom is 0.254 e. The molecule has 2 aromatic carbocycles. The average Bonchev–Trinajstić information content (AvgIpc) is 3.15. The minimum Gasteiger partial charge on any atom is -0.338 e. The Morgan fingerprint density at radius 3 is 2.03 bits per heavy atom. The van der Waals surface area contributed by atoms with Gasteiger partial charge in [0.05, 0.1) is 11.6 Å². The first-order chi connectivity index (χ1) is 15.5. The highest BCUT2D eigenvalue weighted by atomic mass is 16.2. The summed E-state index contributed by atoms with van der Waals surface area (Å²) in [6.07, 6.45) is 0.311. The molecule has 162 valence electrons. The molecule has 2 aromatic rings. The maximum absolute atomic E-state index is 13.3. The molecule has 4 amide bonds. The van der Waals surface area contributed by atoms with E-state index < -0.39 is 0 Å². The molecule has 0 atom stereocenters. The second-order valence-corrected chi connectivity index (χ2v) is 7.75. The van der Waals surface area contributed by atoms with Gasteiger partial charge in [0.1, 0.15) is 6.54 Å². The number of hydrogen-bond donors (Lipinski definition) is 0. The second-order valence-electron chi connectivity index (χ2n) is 7.75. The van der Waals surface area contributed by atoms with Crippen molar-refractivity contribution in [3.63, 3.8) is 0 Å². The van der Waals surface area contributed by atoms with Crippen molar-refractivity contribution in [2.45, 2.75) is 12.8 Å². The molecule has 2 fully saturated rings. The van der Waals surface area contributed by atoms with E-state index in [-0.39, 0.29) is 43.0 Å². The van der Waals surface area contributed by atoms with Crippen molar-refractivity contribution in [2.24, 2.45) is 0 Å². The fraction of sp³-hybridized carbons (Fsp3) is 0.292. The standard InChI is InChI=1S/C24H22N4O4/c25-15-17-5-1-2-6-18(17)19-7-3-4-8-20(19)24(32)27-13-11-26(12-14-27)23(31)16-28-21(29)9-10-22(28)30/h1-8H,9-14,16H2. The molecule has 2 aliphatic heterocycles. The lowest BCUT2D eigenvalue weighted by atomic mass is 9.95. The van der Waals surface area contributed by atoms with Crippen LogP contribution in [0.15, 0.2) is 48.5 Å². The van der Waals surface area contributed by atoms with Crippen LogP contribution in [0.3, 0.4) is 0 Å². The van der Waals surface area contributed by atoms with Gasteiger partial charge in [-0.15, -0.1) is 0 Å². The Morgan fingerprint density at radius 1 is 0.812 bits per heavy atom. The third-order valence-corrected chi connectivity index (χ3v) is 5.86. The summed E-state index contributed by atoms with van der Waals surface area (Å²) >= 11 is 0. The third kappa shape index (κ3) is 4.10. The van der Waals surface area contributed by atoms with Gasteiger partial charge >= 0.3 is 0 Å². The molecule has 0 unspecified atom stereocenters. The van der Waals surface area contributed by atoms with Gasteiger partial charge in [0, 0.05) is 50.1 Å². The summed E-state index contributed by atoms with van der Waals surface area (Å²) in [4.78, 5) is 53.6. The molecule has 2 heterocycles. The molecular formula is C24H22N4O4. The first-order valence-electron chi connectivity index (χ1n) is 10.5. The van der Waals surface area contributed by atoms with Crippen molar-refractivity contribution >= 4 is 23.6 Å². The van der Waals surface area contributed by atoms with Gasteiger partial charge in [0.15, 0.2) is 0 Å². The van der Waals surface area contributed by atoms with E-state index in [1.165, 1.54) is 0 Å². The van der Waals surface area contributed by atoms with E-state index in [2.05, 4.69) is 6.07 Å². The topological polar surface area (TPSA) is 102 Å². The molecule has 4 rings (SSSR count). The summed E-state index contributed by atoms with van der Waals surface area (Å²) in [5, 5.41) is 9.45. The molecular weight excluding hydrogens is 408 g/mol. The highest BCUT2D eigenvalue weighted by molar-refractivity contribution is 6.04. The molecule has 0 N–H and O–H groups in total. The Kier molecular flexibility index (Phi) is 5.99. The van der Waals surface area contributed by atoms with Gasteiger partial charge in [0.2, 0.25) is 17.7 Å². The number of carbonyl (C=O) groups is 4. The van der Waals surface area contributed by atoms with Crippen molar-refractivity contribution in [2.75, 3.05) is 32.7 Å². The van der Waals surface area contributed by atoms with Gasteiger partial charge in [0.25, 0.3) is 5.91 Å². The number of carbonyl (C=O) groups excluding carboxylic acids is 4. The average molecular weight is 430 g/mol. The SMILES string of the molecule is N#Cc1ccccc1-c1ccccc1C(=O)N1CCN(C(=O)CN2C(=O)CCC2=O)CC1. The van der Waals surface area contributed by atoms with Crippen LogP contribution in [0, 0.1) is 11.3 Å². The zero-order valence-corrected chi connectivity index (χ0v) is 17.5. The molecule has 0 aliphatic carbocycles. The first kappa shape index (κ1) is 21.2. The zero-order chi connectivity index (χ0) is 22.7. The Bertz CT molecular complexity index is 1110. The van der Waals surface area contributed by atoms with Gasteiger partial charge in [-0.05, 0) is 17.7 Å². The van der Waals surface area contributed by atoms with Crippen LogP contribution in [0.1, 0.15) is 28.8 Å². The van der Waals surface area contributed by atoms with Crippen molar-refractivity contribution < 1.29 is 19.2 Å². The van der Waals surface area contributed by atoms with Crippen LogP contribution in [0.2, 0.25) is 0 Å². The molecule has 8 heteroatoms. The molecule has 0 spiro atoms. The fourth-order valence-corrected chi connectivity index (χ4v) is 4.08. The summed E-state index contributed by atoms with van der Waals surface area (Å²) < 4.78 is 0. The quantitative estimate of drug-likeness (QED) is 0.687. The number of likely N-dealkylation sites (tertiary alicyclic amines) is 1. The highest BCUT2D eigenvalue weighted by Crippen LogP contribution is 2.28. The van der Waals surface area contributed by atoms with Gasteiger partial charge in [-0.3, -0.25) is 24.1 Å². The van der Waals surface area contributed by atoms with Gasteiger partial charge in [-0.25, -0.2) is 0 Å². The zero-order valence-electron chi connectivity index (χ0n) is 17.5. The largest absolute Gasteiger partial charge is 0.338 e. The van der Waals surface area contributed by atoms with E-state index in [4.69, 9.17) is 0 Å². The van der Waals surface area contributed by atoms with Crippen LogP contribution in [-0.4, -0.2) is 71.1 Å². The Balaban J connectivity index is 1.45. The molecule has 0 bridgehead atoms. The van der Waals surface area contributed by atoms with Gasteiger partial charge < -0.3 is 9.80 Å². The van der Waals surface area contributed by atoms with Crippen LogP contribution in [0.25, 0.3) is 11.1 Å². The van der Waals surface area contributed by atoms with Crippen LogP contribution in [-0.2, 0) is 14.4 Å². The lowest BCUT2D eigenvalue weighted by molar-refractivity contribution is -0.146. The van der Waals surface area contributed by atoms with Crippen LogP contribution in [0.4, 0.5) is 0 Å². The van der Waals surface area contributed by atoms with E-state index in [9.17, 15) is 24.4 Å². The smallest absolute Gasteiger partial charge is 0.254 e. The molecule has 32 heavy (non-hydrogen) atoms. The second kappa shape index (κ2) is 9.02. The number of nitrogens with zero attached hydrogens (tertiary/aromatic N) is 4. The van der Waals surface area contributed by atoms with E-state index in [1.807, 2.05) is 24.3 Å². The maximum atomic E-state index is 13.3. The predicted octanol–water partition coefficient (Wildman–Crippen LogP) is 1.66. The number of hydrogen-bond acceptors (Lipinski definition) is 5. The summed E-state index contributed by atoms with van der Waals surface area (Å²) in [5.41, 5.74) is 2.39. The van der Waals surface area contributed by atoms with E-state index in [1.54, 1.807) is 34.1 Å². The summed E-state index contributed by atoms with van der Waals surface area (Å²) in [6.45, 7) is 1.12. The first-order valence-corrected chi connectivity index (χ1v) is 10.5. The van der Waals surface area contributed by atoms with Crippen molar-refractivity contribution in [1.29, 1.82) is 5.26 Å². The monoisotopic (exact) mass is 430 g/mol. The number of nitriles is 1. The molecule has 2 aliphatic rings. The third-order valence-electron chi connectivity index (χ3n) is 5.86. The van der Waals surface area contributed by atoms with Crippen LogP contribution in [0.5, 0.6) is 0 Å². The molecule has 0 aromatic heterocycles.